The number of barbiturate groups is 1. The third-order valence-electron chi connectivity index (χ3n) is 3.44. The molecule has 1 fully saturated rings. The summed E-state index contributed by atoms with van der Waals surface area (Å²) < 4.78 is 0. The average molecular weight is 269 g/mol. The Morgan fingerprint density at radius 1 is 1.16 bits per heavy atom. The van der Waals surface area contributed by atoms with Gasteiger partial charge in [0.25, 0.3) is 0 Å². The first-order valence-corrected chi connectivity index (χ1v) is 6.74. The van der Waals surface area contributed by atoms with Crippen LogP contribution in [0.15, 0.2) is 0 Å². The maximum atomic E-state index is 12.2. The molecule has 1 aliphatic rings. The molecule has 0 aromatic rings. The first-order valence-electron chi connectivity index (χ1n) is 6.74. The van der Waals surface area contributed by atoms with Crippen molar-refractivity contribution < 1.29 is 14.4 Å². The van der Waals surface area contributed by atoms with E-state index >= 15 is 0 Å². The number of rotatable bonds is 6. The van der Waals surface area contributed by atoms with Crippen molar-refractivity contribution in [2.75, 3.05) is 26.2 Å². The maximum Gasteiger partial charge on any atom is 0.330 e. The molecule has 1 saturated heterocycles. The zero-order valence-corrected chi connectivity index (χ0v) is 12.2. The minimum absolute atomic E-state index is 0.315. The molecule has 6 nitrogen and oxygen atoms in total. The number of imide groups is 2. The molecule has 1 aliphatic heterocycles. The first kappa shape index (κ1) is 15.6. The molecule has 6 heteroatoms. The van der Waals surface area contributed by atoms with Gasteiger partial charge in [-0.3, -0.25) is 19.8 Å². The number of urea groups is 1. The second-order valence-electron chi connectivity index (χ2n) is 5.28. The summed E-state index contributed by atoms with van der Waals surface area (Å²) in [5, 5.41) is 2.23. The van der Waals surface area contributed by atoms with Crippen molar-refractivity contribution in [3.63, 3.8) is 0 Å². The Bertz CT molecular complexity index is 379. The maximum absolute atomic E-state index is 12.2. The molecule has 1 rings (SSSR count). The lowest BCUT2D eigenvalue weighted by Crippen LogP contribution is -2.62. The van der Waals surface area contributed by atoms with Gasteiger partial charge in [-0.15, -0.1) is 0 Å². The van der Waals surface area contributed by atoms with E-state index in [0.717, 1.165) is 24.4 Å². The van der Waals surface area contributed by atoms with Crippen LogP contribution in [0.5, 0.6) is 0 Å². The van der Waals surface area contributed by atoms with Gasteiger partial charge in [-0.1, -0.05) is 13.8 Å². The van der Waals surface area contributed by atoms with Crippen LogP contribution in [0, 0.1) is 5.41 Å². The summed E-state index contributed by atoms with van der Waals surface area (Å²) in [5.74, 6) is -0.951. The van der Waals surface area contributed by atoms with Crippen molar-refractivity contribution in [2.45, 2.75) is 34.1 Å². The molecule has 0 aromatic carbocycles. The lowest BCUT2D eigenvalue weighted by molar-refractivity contribution is -0.149. The number of nitrogens with one attached hydrogen (secondary N) is 1. The standard InChI is InChI=1S/C13H23N3O3/c1-5-7-15(6-2)8-9-16-11(18)13(3,4)10(17)14-12(16)19/h5-9H2,1-4H3,(H,14,17,19). The van der Waals surface area contributed by atoms with Gasteiger partial charge in [0, 0.05) is 13.1 Å². The Labute approximate surface area is 114 Å². The fraction of sp³-hybridized carbons (Fsp3) is 0.769. The summed E-state index contributed by atoms with van der Waals surface area (Å²) in [6.45, 7) is 9.96. The number of hydrogen-bond donors (Lipinski definition) is 1. The predicted octanol–water partition coefficient (Wildman–Crippen LogP) is 0.823. The third kappa shape index (κ3) is 3.32. The van der Waals surface area contributed by atoms with Crippen LogP contribution in [-0.2, 0) is 9.59 Å². The number of nitrogens with zero attached hydrogens (tertiary/aromatic N) is 2. The predicted molar refractivity (Wildman–Crippen MR) is 71.4 cm³/mol. The highest BCUT2D eigenvalue weighted by Gasteiger charge is 2.46. The lowest BCUT2D eigenvalue weighted by atomic mass is 9.89. The number of carbonyl (C=O) groups excluding carboxylic acids is 3. The van der Waals surface area contributed by atoms with Crippen LogP contribution in [0.25, 0.3) is 0 Å². The van der Waals surface area contributed by atoms with Gasteiger partial charge in [0.15, 0.2) is 0 Å². The molecule has 19 heavy (non-hydrogen) atoms. The Hall–Kier alpha value is -1.43. The zero-order chi connectivity index (χ0) is 14.6. The summed E-state index contributed by atoms with van der Waals surface area (Å²) >= 11 is 0. The van der Waals surface area contributed by atoms with Gasteiger partial charge >= 0.3 is 6.03 Å². The van der Waals surface area contributed by atoms with Crippen LogP contribution < -0.4 is 5.32 Å². The van der Waals surface area contributed by atoms with E-state index in [4.69, 9.17) is 0 Å². The lowest BCUT2D eigenvalue weighted by Gasteiger charge is -2.35. The highest BCUT2D eigenvalue weighted by Crippen LogP contribution is 2.23. The van der Waals surface area contributed by atoms with Crippen molar-refractivity contribution in [2.24, 2.45) is 5.41 Å². The first-order chi connectivity index (χ1) is 8.84. The van der Waals surface area contributed by atoms with E-state index in [1.54, 1.807) is 0 Å². The molecule has 0 saturated carbocycles. The van der Waals surface area contributed by atoms with Crippen molar-refractivity contribution in [3.8, 4) is 0 Å². The van der Waals surface area contributed by atoms with Crippen LogP contribution in [0.2, 0.25) is 0 Å². The van der Waals surface area contributed by atoms with Crippen molar-refractivity contribution >= 4 is 17.8 Å². The smallest absolute Gasteiger partial charge is 0.302 e. The van der Waals surface area contributed by atoms with Crippen LogP contribution in [-0.4, -0.2) is 53.8 Å². The molecular weight excluding hydrogens is 246 g/mol. The Balaban J connectivity index is 2.69. The molecule has 0 aliphatic carbocycles. The second-order valence-corrected chi connectivity index (χ2v) is 5.28. The molecular formula is C13H23N3O3. The molecule has 1 heterocycles. The number of amides is 4. The Morgan fingerprint density at radius 3 is 2.32 bits per heavy atom. The molecule has 4 amide bonds. The molecule has 0 spiro atoms. The largest absolute Gasteiger partial charge is 0.330 e. The van der Waals surface area contributed by atoms with E-state index < -0.39 is 23.3 Å². The van der Waals surface area contributed by atoms with Crippen molar-refractivity contribution in [3.05, 3.63) is 0 Å². The zero-order valence-electron chi connectivity index (χ0n) is 12.2. The van der Waals surface area contributed by atoms with Crippen molar-refractivity contribution in [1.29, 1.82) is 0 Å². The normalized spacial score (nSPS) is 19.0. The number of carbonyl (C=O) groups is 3. The van der Waals surface area contributed by atoms with E-state index in [2.05, 4.69) is 17.1 Å². The monoisotopic (exact) mass is 269 g/mol. The molecule has 0 atom stereocenters. The van der Waals surface area contributed by atoms with Gasteiger partial charge in [-0.05, 0) is 33.4 Å². The summed E-state index contributed by atoms with van der Waals surface area (Å²) in [5.41, 5.74) is -1.17. The van der Waals surface area contributed by atoms with Crippen molar-refractivity contribution in [1.82, 2.24) is 15.1 Å². The molecule has 0 bridgehead atoms. The third-order valence-corrected chi connectivity index (χ3v) is 3.44. The van der Waals surface area contributed by atoms with Gasteiger partial charge in [-0.2, -0.15) is 0 Å². The number of hydrogen-bond acceptors (Lipinski definition) is 4. The summed E-state index contributed by atoms with van der Waals surface area (Å²) in [6.07, 6.45) is 1.03. The summed E-state index contributed by atoms with van der Waals surface area (Å²) in [6, 6.07) is -0.609. The van der Waals surface area contributed by atoms with E-state index in [9.17, 15) is 14.4 Å². The molecule has 0 radical (unpaired) electrons. The second kappa shape index (κ2) is 6.14. The highest BCUT2D eigenvalue weighted by molar-refractivity contribution is 6.18. The minimum atomic E-state index is -1.17. The van der Waals surface area contributed by atoms with Crippen LogP contribution in [0.4, 0.5) is 4.79 Å². The van der Waals surface area contributed by atoms with E-state index in [1.165, 1.54) is 13.8 Å². The highest BCUT2D eigenvalue weighted by atomic mass is 16.2. The Kier molecular flexibility index (Phi) is 5.05. The van der Waals surface area contributed by atoms with Crippen LogP contribution >= 0.6 is 0 Å². The molecule has 1 N–H and O–H groups in total. The van der Waals surface area contributed by atoms with Crippen LogP contribution in [0.1, 0.15) is 34.1 Å². The van der Waals surface area contributed by atoms with Gasteiger partial charge in [-0.25, -0.2) is 4.79 Å². The van der Waals surface area contributed by atoms with Gasteiger partial charge in [0.1, 0.15) is 5.41 Å². The average Bonchev–Trinajstić information content (AvgIpc) is 2.35. The van der Waals surface area contributed by atoms with Gasteiger partial charge < -0.3 is 4.90 Å². The molecule has 108 valence electrons. The summed E-state index contributed by atoms with van der Waals surface area (Å²) in [7, 11) is 0. The number of likely N-dealkylation sites (N-methyl/N-ethyl adjacent to an activating group) is 1. The Morgan fingerprint density at radius 2 is 1.79 bits per heavy atom. The topological polar surface area (TPSA) is 69.7 Å². The molecule has 0 unspecified atom stereocenters. The fourth-order valence-corrected chi connectivity index (χ4v) is 2.04. The fourth-order valence-electron chi connectivity index (χ4n) is 2.04. The quantitative estimate of drug-likeness (QED) is 0.725. The minimum Gasteiger partial charge on any atom is -0.302 e. The van der Waals surface area contributed by atoms with Crippen LogP contribution in [0.3, 0.4) is 0 Å². The van der Waals surface area contributed by atoms with E-state index in [-0.39, 0.29) is 0 Å². The molecule has 0 aromatic heterocycles. The van der Waals surface area contributed by atoms with Gasteiger partial charge in [0.2, 0.25) is 11.8 Å². The van der Waals surface area contributed by atoms with E-state index in [1.807, 2.05) is 6.92 Å². The van der Waals surface area contributed by atoms with Gasteiger partial charge in [0.05, 0.1) is 0 Å². The SMILES string of the molecule is CCCN(CC)CCN1C(=O)NC(=O)C(C)(C)C1=O. The summed E-state index contributed by atoms with van der Waals surface area (Å²) in [4.78, 5) is 38.8. The van der Waals surface area contributed by atoms with E-state index in [0.29, 0.717) is 13.1 Å².